The first-order valence-corrected chi connectivity index (χ1v) is 7.33. The van der Waals surface area contributed by atoms with Gasteiger partial charge < -0.3 is 15.4 Å². The number of rotatable bonds is 6. The number of amides is 1. The quantitative estimate of drug-likeness (QED) is 0.862. The molecule has 1 heterocycles. The molecule has 1 aliphatic rings. The second kappa shape index (κ2) is 7.29. The van der Waals surface area contributed by atoms with Gasteiger partial charge in [0, 0.05) is 19.5 Å². The Labute approximate surface area is 120 Å². The zero-order valence-corrected chi connectivity index (χ0v) is 12.2. The van der Waals surface area contributed by atoms with Crippen LogP contribution in [0.15, 0.2) is 24.3 Å². The van der Waals surface area contributed by atoms with Crippen LogP contribution in [-0.2, 0) is 11.2 Å². The number of nitrogens with two attached hydrogens (primary N) is 1. The fourth-order valence-corrected chi connectivity index (χ4v) is 2.73. The van der Waals surface area contributed by atoms with Crippen molar-refractivity contribution < 1.29 is 9.53 Å². The Morgan fingerprint density at radius 2 is 2.15 bits per heavy atom. The summed E-state index contributed by atoms with van der Waals surface area (Å²) in [6.07, 6.45) is 3.51. The summed E-state index contributed by atoms with van der Waals surface area (Å²) in [4.78, 5) is 14.2. The van der Waals surface area contributed by atoms with Gasteiger partial charge in [-0.05, 0) is 49.4 Å². The van der Waals surface area contributed by atoms with Crippen LogP contribution in [0.2, 0.25) is 0 Å². The minimum Gasteiger partial charge on any atom is -0.497 e. The summed E-state index contributed by atoms with van der Waals surface area (Å²) in [5.74, 6) is 1.72. The summed E-state index contributed by atoms with van der Waals surface area (Å²) >= 11 is 0. The van der Waals surface area contributed by atoms with Crippen LogP contribution in [0, 0.1) is 5.92 Å². The van der Waals surface area contributed by atoms with Crippen molar-refractivity contribution in [1.82, 2.24) is 4.90 Å². The van der Waals surface area contributed by atoms with Gasteiger partial charge in [-0.15, -0.1) is 0 Å². The molecule has 0 bridgehead atoms. The number of aryl methyl sites for hydroxylation is 1. The van der Waals surface area contributed by atoms with Crippen molar-refractivity contribution in [2.24, 2.45) is 11.7 Å². The molecular weight excluding hydrogens is 252 g/mol. The lowest BCUT2D eigenvalue weighted by Crippen LogP contribution is -2.29. The normalized spacial score (nSPS) is 18.3. The van der Waals surface area contributed by atoms with Crippen molar-refractivity contribution >= 4 is 5.91 Å². The average molecular weight is 276 g/mol. The third-order valence-electron chi connectivity index (χ3n) is 4.00. The Morgan fingerprint density at radius 1 is 1.40 bits per heavy atom. The topological polar surface area (TPSA) is 55.6 Å². The molecule has 2 rings (SSSR count). The smallest absolute Gasteiger partial charge is 0.222 e. The van der Waals surface area contributed by atoms with E-state index in [1.165, 1.54) is 5.56 Å². The number of benzene rings is 1. The average Bonchev–Trinajstić information content (AvgIpc) is 2.94. The minimum absolute atomic E-state index is 0.264. The zero-order chi connectivity index (χ0) is 14.4. The molecule has 0 aliphatic carbocycles. The maximum atomic E-state index is 12.2. The van der Waals surface area contributed by atoms with Crippen LogP contribution in [0.25, 0.3) is 0 Å². The van der Waals surface area contributed by atoms with E-state index in [2.05, 4.69) is 0 Å². The van der Waals surface area contributed by atoms with Gasteiger partial charge in [0.05, 0.1) is 7.11 Å². The third-order valence-corrected chi connectivity index (χ3v) is 4.00. The zero-order valence-electron chi connectivity index (χ0n) is 12.2. The van der Waals surface area contributed by atoms with Gasteiger partial charge in [-0.25, -0.2) is 0 Å². The van der Waals surface area contributed by atoms with E-state index >= 15 is 0 Å². The SMILES string of the molecule is COc1ccc(CCC(=O)N2CCC(CCN)C2)cc1. The van der Waals surface area contributed by atoms with Crippen molar-refractivity contribution in [3.8, 4) is 5.75 Å². The number of methoxy groups -OCH3 is 1. The summed E-state index contributed by atoms with van der Waals surface area (Å²) in [6, 6.07) is 7.92. The highest BCUT2D eigenvalue weighted by atomic mass is 16.5. The monoisotopic (exact) mass is 276 g/mol. The Bertz CT molecular complexity index is 431. The molecule has 1 unspecified atom stereocenters. The summed E-state index contributed by atoms with van der Waals surface area (Å²) in [5, 5.41) is 0. The van der Waals surface area contributed by atoms with E-state index in [0.29, 0.717) is 12.3 Å². The van der Waals surface area contributed by atoms with Crippen molar-refractivity contribution in [3.63, 3.8) is 0 Å². The number of nitrogens with zero attached hydrogens (tertiary/aromatic N) is 1. The second-order valence-corrected chi connectivity index (χ2v) is 5.42. The summed E-state index contributed by atoms with van der Waals surface area (Å²) < 4.78 is 5.13. The van der Waals surface area contributed by atoms with Crippen LogP contribution in [0.5, 0.6) is 5.75 Å². The molecule has 4 nitrogen and oxygen atoms in total. The van der Waals surface area contributed by atoms with Crippen LogP contribution >= 0.6 is 0 Å². The Hall–Kier alpha value is -1.55. The lowest BCUT2D eigenvalue weighted by molar-refractivity contribution is -0.130. The van der Waals surface area contributed by atoms with Gasteiger partial charge in [-0.1, -0.05) is 12.1 Å². The molecule has 20 heavy (non-hydrogen) atoms. The number of hydrogen-bond donors (Lipinski definition) is 1. The molecule has 1 amide bonds. The fraction of sp³-hybridized carbons (Fsp3) is 0.562. The standard InChI is InChI=1S/C16H24N2O2/c1-20-15-5-2-13(3-6-15)4-7-16(19)18-11-9-14(12-18)8-10-17/h2-3,5-6,14H,4,7-12,17H2,1H3. The lowest BCUT2D eigenvalue weighted by atomic mass is 10.1. The van der Waals surface area contributed by atoms with Gasteiger partial charge in [0.15, 0.2) is 0 Å². The molecule has 2 N–H and O–H groups in total. The maximum Gasteiger partial charge on any atom is 0.222 e. The van der Waals surface area contributed by atoms with E-state index in [1.54, 1.807) is 7.11 Å². The van der Waals surface area contributed by atoms with Gasteiger partial charge in [0.25, 0.3) is 0 Å². The molecule has 4 heteroatoms. The number of hydrogen-bond acceptors (Lipinski definition) is 3. The molecule has 110 valence electrons. The van der Waals surface area contributed by atoms with Crippen LogP contribution in [0.1, 0.15) is 24.8 Å². The second-order valence-electron chi connectivity index (χ2n) is 5.42. The largest absolute Gasteiger partial charge is 0.497 e. The molecule has 0 spiro atoms. The van der Waals surface area contributed by atoms with Gasteiger partial charge in [-0.3, -0.25) is 4.79 Å². The number of carbonyl (C=O) groups excluding carboxylic acids is 1. The van der Waals surface area contributed by atoms with Crippen LogP contribution < -0.4 is 10.5 Å². The van der Waals surface area contributed by atoms with E-state index in [1.807, 2.05) is 29.2 Å². The van der Waals surface area contributed by atoms with Gasteiger partial charge in [0.1, 0.15) is 5.75 Å². The summed E-state index contributed by atoms with van der Waals surface area (Å²) in [5.41, 5.74) is 6.75. The van der Waals surface area contributed by atoms with Crippen LogP contribution in [0.3, 0.4) is 0 Å². The third kappa shape index (κ3) is 3.97. The number of likely N-dealkylation sites (tertiary alicyclic amines) is 1. The van der Waals surface area contributed by atoms with Crippen molar-refractivity contribution in [1.29, 1.82) is 0 Å². The maximum absolute atomic E-state index is 12.2. The highest BCUT2D eigenvalue weighted by Crippen LogP contribution is 2.20. The van der Waals surface area contributed by atoms with E-state index in [9.17, 15) is 4.79 Å². The van der Waals surface area contributed by atoms with Crippen molar-refractivity contribution in [2.75, 3.05) is 26.7 Å². The predicted octanol–water partition coefficient (Wildman–Crippen LogP) is 1.83. The van der Waals surface area contributed by atoms with E-state index in [4.69, 9.17) is 10.5 Å². The molecule has 1 aromatic rings. The predicted molar refractivity (Wildman–Crippen MR) is 79.7 cm³/mol. The first kappa shape index (κ1) is 14.9. The molecule has 0 aromatic heterocycles. The van der Waals surface area contributed by atoms with E-state index < -0.39 is 0 Å². The van der Waals surface area contributed by atoms with Crippen molar-refractivity contribution in [3.05, 3.63) is 29.8 Å². The molecule has 0 radical (unpaired) electrons. The molecule has 0 saturated carbocycles. The molecular formula is C16H24N2O2. The fourth-order valence-electron chi connectivity index (χ4n) is 2.73. The molecule has 1 aromatic carbocycles. The van der Waals surface area contributed by atoms with Gasteiger partial charge >= 0.3 is 0 Å². The van der Waals surface area contributed by atoms with Gasteiger partial charge in [0.2, 0.25) is 5.91 Å². The molecule has 1 atom stereocenters. The molecule has 1 aliphatic heterocycles. The Morgan fingerprint density at radius 3 is 2.80 bits per heavy atom. The summed E-state index contributed by atoms with van der Waals surface area (Å²) in [6.45, 7) is 2.50. The van der Waals surface area contributed by atoms with Gasteiger partial charge in [-0.2, -0.15) is 0 Å². The number of ether oxygens (including phenoxy) is 1. The van der Waals surface area contributed by atoms with E-state index in [0.717, 1.165) is 44.6 Å². The highest BCUT2D eigenvalue weighted by Gasteiger charge is 2.25. The minimum atomic E-state index is 0.264. The van der Waals surface area contributed by atoms with Crippen LogP contribution in [0.4, 0.5) is 0 Å². The first-order valence-electron chi connectivity index (χ1n) is 7.33. The summed E-state index contributed by atoms with van der Waals surface area (Å²) in [7, 11) is 1.66. The van der Waals surface area contributed by atoms with E-state index in [-0.39, 0.29) is 5.91 Å². The number of carbonyl (C=O) groups is 1. The van der Waals surface area contributed by atoms with Crippen LogP contribution in [-0.4, -0.2) is 37.6 Å². The lowest BCUT2D eigenvalue weighted by Gasteiger charge is -2.16. The molecule has 1 saturated heterocycles. The Kier molecular flexibility index (Phi) is 5.41. The Balaban J connectivity index is 1.77. The van der Waals surface area contributed by atoms with Crippen molar-refractivity contribution in [2.45, 2.75) is 25.7 Å². The highest BCUT2D eigenvalue weighted by molar-refractivity contribution is 5.76. The molecule has 1 fully saturated rings. The first-order chi connectivity index (χ1) is 9.72.